The Balaban J connectivity index is 1.54. The smallest absolute Gasteiger partial charge is 0.0105 e. The van der Waals surface area contributed by atoms with Crippen molar-refractivity contribution < 1.29 is 0 Å². The predicted octanol–water partition coefficient (Wildman–Crippen LogP) is 4.09. The lowest BCUT2D eigenvalue weighted by atomic mass is 9.92. The Morgan fingerprint density at radius 2 is 1.75 bits per heavy atom. The summed E-state index contributed by atoms with van der Waals surface area (Å²) in [5, 5.41) is 3.72. The van der Waals surface area contributed by atoms with E-state index in [1.54, 1.807) is 0 Å². The molecule has 0 aliphatic carbocycles. The molecule has 0 radical (unpaired) electrons. The van der Waals surface area contributed by atoms with Gasteiger partial charge >= 0.3 is 0 Å². The summed E-state index contributed by atoms with van der Waals surface area (Å²) >= 11 is 0. The second kappa shape index (κ2) is 9.00. The van der Waals surface area contributed by atoms with Crippen LogP contribution in [0.15, 0.2) is 60.7 Å². The van der Waals surface area contributed by atoms with Crippen molar-refractivity contribution in [1.29, 1.82) is 0 Å². The first-order valence-corrected chi connectivity index (χ1v) is 9.33. The van der Waals surface area contributed by atoms with Gasteiger partial charge in [-0.3, -0.25) is 0 Å². The van der Waals surface area contributed by atoms with Crippen LogP contribution in [0.2, 0.25) is 0 Å². The summed E-state index contributed by atoms with van der Waals surface area (Å²) in [6, 6.07) is 22.6. The molecule has 24 heavy (non-hydrogen) atoms. The van der Waals surface area contributed by atoms with E-state index >= 15 is 0 Å². The standard InChI is InChI=1S/C22H30N2/c1-24-16-8-13-22(24)14-15-23-18-21(20-11-6-3-7-12-20)17-19-9-4-2-5-10-19/h2-7,9-12,21-23H,8,13-18H2,1H3. The molecule has 0 spiro atoms. The van der Waals surface area contributed by atoms with Crippen LogP contribution in [0.25, 0.3) is 0 Å². The summed E-state index contributed by atoms with van der Waals surface area (Å²) in [4.78, 5) is 2.51. The Labute approximate surface area is 146 Å². The van der Waals surface area contributed by atoms with Gasteiger partial charge in [0.2, 0.25) is 0 Å². The molecular weight excluding hydrogens is 292 g/mol. The van der Waals surface area contributed by atoms with E-state index in [-0.39, 0.29) is 0 Å². The van der Waals surface area contributed by atoms with Gasteiger partial charge in [0.15, 0.2) is 0 Å². The lowest BCUT2D eigenvalue weighted by molar-refractivity contribution is 0.293. The highest BCUT2D eigenvalue weighted by Crippen LogP contribution is 2.21. The van der Waals surface area contributed by atoms with Crippen LogP contribution in [0.4, 0.5) is 0 Å². The highest BCUT2D eigenvalue weighted by Gasteiger charge is 2.20. The number of hydrogen-bond donors (Lipinski definition) is 1. The quantitative estimate of drug-likeness (QED) is 0.737. The highest BCUT2D eigenvalue weighted by molar-refractivity contribution is 5.24. The van der Waals surface area contributed by atoms with Crippen molar-refractivity contribution in [3.63, 3.8) is 0 Å². The molecule has 0 amide bonds. The number of hydrogen-bond acceptors (Lipinski definition) is 2. The molecule has 2 unspecified atom stereocenters. The van der Waals surface area contributed by atoms with Crippen molar-refractivity contribution in [3.05, 3.63) is 71.8 Å². The lowest BCUT2D eigenvalue weighted by Gasteiger charge is -2.21. The summed E-state index contributed by atoms with van der Waals surface area (Å²) in [6.45, 7) is 3.44. The molecule has 0 aromatic heterocycles. The molecule has 2 atom stereocenters. The third-order valence-corrected chi connectivity index (χ3v) is 5.31. The fraction of sp³-hybridized carbons (Fsp3) is 0.455. The van der Waals surface area contributed by atoms with Gasteiger partial charge in [-0.15, -0.1) is 0 Å². The Bertz CT molecular complexity index is 581. The van der Waals surface area contributed by atoms with Gasteiger partial charge in [-0.1, -0.05) is 60.7 Å². The van der Waals surface area contributed by atoms with E-state index in [1.165, 1.54) is 36.9 Å². The molecule has 1 N–H and O–H groups in total. The van der Waals surface area contributed by atoms with E-state index in [9.17, 15) is 0 Å². The Hall–Kier alpha value is -1.64. The van der Waals surface area contributed by atoms with Crippen LogP contribution in [0.3, 0.4) is 0 Å². The number of nitrogens with zero attached hydrogens (tertiary/aromatic N) is 1. The molecule has 1 heterocycles. The summed E-state index contributed by atoms with van der Waals surface area (Å²) in [7, 11) is 2.26. The molecule has 1 aliphatic heterocycles. The normalized spacial score (nSPS) is 19.5. The minimum Gasteiger partial charge on any atom is -0.316 e. The van der Waals surface area contributed by atoms with Gasteiger partial charge in [0.25, 0.3) is 0 Å². The van der Waals surface area contributed by atoms with E-state index in [0.29, 0.717) is 5.92 Å². The van der Waals surface area contributed by atoms with Crippen molar-refractivity contribution in [1.82, 2.24) is 10.2 Å². The van der Waals surface area contributed by atoms with Crippen molar-refractivity contribution in [2.45, 2.75) is 37.6 Å². The van der Waals surface area contributed by atoms with Crippen LogP contribution in [-0.4, -0.2) is 37.6 Å². The molecular formula is C22H30N2. The van der Waals surface area contributed by atoms with Crippen LogP contribution in [0, 0.1) is 0 Å². The zero-order valence-electron chi connectivity index (χ0n) is 14.8. The molecule has 1 fully saturated rings. The van der Waals surface area contributed by atoms with Crippen LogP contribution in [0.5, 0.6) is 0 Å². The Morgan fingerprint density at radius 1 is 1.04 bits per heavy atom. The van der Waals surface area contributed by atoms with E-state index in [4.69, 9.17) is 0 Å². The first-order valence-electron chi connectivity index (χ1n) is 9.33. The second-order valence-corrected chi connectivity index (χ2v) is 7.07. The minimum absolute atomic E-state index is 0.537. The van der Waals surface area contributed by atoms with Gasteiger partial charge in [-0.05, 0) is 56.9 Å². The summed E-state index contributed by atoms with van der Waals surface area (Å²) in [5.74, 6) is 0.537. The number of benzene rings is 2. The van der Waals surface area contributed by atoms with Gasteiger partial charge in [0.1, 0.15) is 0 Å². The molecule has 2 aromatic carbocycles. The van der Waals surface area contributed by atoms with Crippen molar-refractivity contribution in [2.75, 3.05) is 26.7 Å². The van der Waals surface area contributed by atoms with Crippen LogP contribution >= 0.6 is 0 Å². The fourth-order valence-corrected chi connectivity index (χ4v) is 3.82. The average Bonchev–Trinajstić information content (AvgIpc) is 3.04. The first kappa shape index (κ1) is 17.2. The molecule has 2 heteroatoms. The molecule has 2 nitrogen and oxygen atoms in total. The maximum absolute atomic E-state index is 3.72. The number of rotatable bonds is 8. The summed E-state index contributed by atoms with van der Waals surface area (Å²) < 4.78 is 0. The molecule has 2 aromatic rings. The maximum atomic E-state index is 3.72. The van der Waals surface area contributed by atoms with Crippen LogP contribution < -0.4 is 5.32 Å². The molecule has 0 saturated carbocycles. The monoisotopic (exact) mass is 322 g/mol. The zero-order chi connectivity index (χ0) is 16.6. The Kier molecular flexibility index (Phi) is 6.45. The van der Waals surface area contributed by atoms with Crippen molar-refractivity contribution >= 4 is 0 Å². The average molecular weight is 322 g/mol. The molecule has 128 valence electrons. The van der Waals surface area contributed by atoms with Gasteiger partial charge in [-0.2, -0.15) is 0 Å². The molecule has 1 saturated heterocycles. The van der Waals surface area contributed by atoms with E-state index in [0.717, 1.165) is 25.6 Å². The van der Waals surface area contributed by atoms with Gasteiger partial charge in [0, 0.05) is 18.5 Å². The van der Waals surface area contributed by atoms with Gasteiger partial charge in [-0.25, -0.2) is 0 Å². The maximum Gasteiger partial charge on any atom is 0.0105 e. The second-order valence-electron chi connectivity index (χ2n) is 7.07. The van der Waals surface area contributed by atoms with E-state index in [2.05, 4.69) is 77.9 Å². The minimum atomic E-state index is 0.537. The third kappa shape index (κ3) is 4.93. The van der Waals surface area contributed by atoms with Gasteiger partial charge in [0.05, 0.1) is 0 Å². The number of nitrogens with one attached hydrogen (secondary N) is 1. The predicted molar refractivity (Wildman–Crippen MR) is 102 cm³/mol. The largest absolute Gasteiger partial charge is 0.316 e. The summed E-state index contributed by atoms with van der Waals surface area (Å²) in [5.41, 5.74) is 2.86. The van der Waals surface area contributed by atoms with Gasteiger partial charge < -0.3 is 10.2 Å². The SMILES string of the molecule is CN1CCCC1CCNCC(Cc1ccccc1)c1ccccc1. The first-order chi connectivity index (χ1) is 11.8. The van der Waals surface area contributed by atoms with Crippen molar-refractivity contribution in [3.8, 4) is 0 Å². The molecule has 1 aliphatic rings. The van der Waals surface area contributed by atoms with Crippen LogP contribution in [0.1, 0.15) is 36.3 Å². The summed E-state index contributed by atoms with van der Waals surface area (Å²) in [6.07, 6.45) is 5.09. The third-order valence-electron chi connectivity index (χ3n) is 5.31. The van der Waals surface area contributed by atoms with Crippen LogP contribution in [-0.2, 0) is 6.42 Å². The number of likely N-dealkylation sites (tertiary alicyclic amines) is 1. The lowest BCUT2D eigenvalue weighted by Crippen LogP contribution is -2.31. The van der Waals surface area contributed by atoms with Crippen molar-refractivity contribution in [2.24, 2.45) is 0 Å². The zero-order valence-corrected chi connectivity index (χ0v) is 14.8. The molecule has 0 bridgehead atoms. The highest BCUT2D eigenvalue weighted by atomic mass is 15.1. The Morgan fingerprint density at radius 3 is 2.42 bits per heavy atom. The fourth-order valence-electron chi connectivity index (χ4n) is 3.82. The topological polar surface area (TPSA) is 15.3 Å². The van der Waals surface area contributed by atoms with E-state index in [1.807, 2.05) is 0 Å². The van der Waals surface area contributed by atoms with E-state index < -0.39 is 0 Å². The molecule has 3 rings (SSSR count).